The van der Waals surface area contributed by atoms with E-state index in [1.165, 1.54) is 60.8 Å². The van der Waals surface area contributed by atoms with E-state index in [1.807, 2.05) is 12.1 Å². The zero-order chi connectivity index (χ0) is 68.0. The first-order valence-corrected chi connectivity index (χ1v) is 35.3. The van der Waals surface area contributed by atoms with Gasteiger partial charge in [0.2, 0.25) is 0 Å². The third kappa shape index (κ3) is 9.19. The molecule has 3 heterocycles. The number of hydrogen-bond acceptors (Lipinski definition) is 5. The molecule has 0 atom stereocenters. The molecule has 0 aliphatic heterocycles. The third-order valence-corrected chi connectivity index (χ3v) is 22.0. The van der Waals surface area contributed by atoms with Gasteiger partial charge in [-0.1, -0.05) is 222 Å². The minimum Gasteiger partial charge on any atom is -0.455 e. The fraction of sp³-hybridized carbons (Fsp3) is 0.0625. The molecule has 6 heteroatoms. The largest absolute Gasteiger partial charge is 0.455 e. The minimum atomic E-state index is -0.369. The van der Waals surface area contributed by atoms with Gasteiger partial charge in [-0.3, -0.25) is 0 Å². The number of anilines is 9. The lowest BCUT2D eigenvalue weighted by molar-refractivity contribution is 0.660. The Balaban J connectivity index is 0.681. The Morgan fingerprint density at radius 2 is 0.559 bits per heavy atom. The molecule has 15 aromatic carbocycles. The highest BCUT2D eigenvalue weighted by Crippen LogP contribution is 2.56. The van der Waals surface area contributed by atoms with Crippen molar-refractivity contribution in [3.8, 4) is 50.2 Å². The Bertz CT molecular complexity index is 6070. The third-order valence-electron chi connectivity index (χ3n) is 22.0. The van der Waals surface area contributed by atoms with Gasteiger partial charge in [-0.05, 0) is 201 Å². The van der Waals surface area contributed by atoms with Crippen LogP contribution in [-0.2, 0) is 10.8 Å². The Morgan fingerprint density at radius 3 is 1.00 bits per heavy atom. The predicted molar refractivity (Wildman–Crippen MR) is 425 cm³/mol. The molecule has 0 unspecified atom stereocenters. The van der Waals surface area contributed by atoms with Crippen LogP contribution in [0.2, 0.25) is 0 Å². The van der Waals surface area contributed by atoms with Crippen LogP contribution in [0.5, 0.6) is 0 Å². The molecule has 20 rings (SSSR count). The summed E-state index contributed by atoms with van der Waals surface area (Å²) in [5.74, 6) is 0. The summed E-state index contributed by atoms with van der Waals surface area (Å²) in [4.78, 5) is 7.29. The van der Waals surface area contributed by atoms with Crippen molar-refractivity contribution in [3.05, 3.63) is 362 Å². The summed E-state index contributed by atoms with van der Waals surface area (Å²) in [7, 11) is 0. The molecular weight excluding hydrogens is 1240 g/mol. The SMILES string of the molecule is CC1(C)c2cc(N(c3ccccc3)c3ccc(-c4cccc5c4oc4ccccc45)cc3)ccc2-c2ccc(N(c3ccc4c(c3)C(C)(C)c3cc(N(c5ccccc5)c5ccc(-c6cccc7c6oc6ccccc67)cc5)ccc3-4)c3ccc4c(c3)c3ccccc3n4-c3ccccc3)cc21. The van der Waals surface area contributed by atoms with Gasteiger partial charge in [0.1, 0.15) is 22.3 Å². The van der Waals surface area contributed by atoms with E-state index >= 15 is 0 Å². The predicted octanol–water partition coefficient (Wildman–Crippen LogP) is 26.9. The number of rotatable bonds is 12. The van der Waals surface area contributed by atoms with Crippen LogP contribution in [0.3, 0.4) is 0 Å². The van der Waals surface area contributed by atoms with Gasteiger partial charge in [0.15, 0.2) is 0 Å². The van der Waals surface area contributed by atoms with Crippen molar-refractivity contribution in [3.63, 3.8) is 0 Å². The van der Waals surface area contributed by atoms with E-state index in [2.05, 4.69) is 375 Å². The normalized spacial score (nSPS) is 13.3. The molecule has 0 radical (unpaired) electrons. The average Bonchev–Trinajstić information content (AvgIpc) is 1.56. The lowest BCUT2D eigenvalue weighted by atomic mass is 9.81. The summed E-state index contributed by atoms with van der Waals surface area (Å²) in [6, 6.07) is 124. The smallest absolute Gasteiger partial charge is 0.143 e. The molecule has 484 valence electrons. The van der Waals surface area contributed by atoms with E-state index in [1.54, 1.807) is 0 Å². The van der Waals surface area contributed by atoms with E-state index < -0.39 is 0 Å². The molecule has 0 spiro atoms. The molecule has 0 saturated carbocycles. The summed E-state index contributed by atoms with van der Waals surface area (Å²) in [6.45, 7) is 9.62. The van der Waals surface area contributed by atoms with Gasteiger partial charge >= 0.3 is 0 Å². The quantitative estimate of drug-likeness (QED) is 0.122. The minimum absolute atomic E-state index is 0.369. The molecule has 18 aromatic rings. The molecule has 6 nitrogen and oxygen atoms in total. The first-order valence-electron chi connectivity index (χ1n) is 35.3. The standard InChI is InChI=1S/C96H68N4O2/c1-95(2)85-57-69(97(63-22-8-5-9-23-63)66-42-38-61(39-43-66)73-31-20-33-82-80-29-15-18-36-91(80)101-93(73)82)46-51-75(85)77-53-48-71(59-87(77)95)99(68-50-55-90-84(56-68)79-28-14-17-35-89(79)100(90)65-26-12-7-13-27-65)72-49-54-78-76-52-47-70(58-86(76)96(3,4)88(78)60-72)98(64-24-10-6-11-25-64)67-44-40-62(41-45-67)74-32-21-34-83-81-30-16-19-37-92(81)102-94(74)83/h5-60H,1-4H3. The highest BCUT2D eigenvalue weighted by molar-refractivity contribution is 6.13. The zero-order valence-corrected chi connectivity index (χ0v) is 56.9. The summed E-state index contributed by atoms with van der Waals surface area (Å²) >= 11 is 0. The summed E-state index contributed by atoms with van der Waals surface area (Å²) < 4.78 is 15.5. The van der Waals surface area contributed by atoms with Crippen molar-refractivity contribution < 1.29 is 8.83 Å². The maximum Gasteiger partial charge on any atom is 0.143 e. The van der Waals surface area contributed by atoms with Crippen LogP contribution in [0.1, 0.15) is 49.9 Å². The fourth-order valence-corrected chi connectivity index (χ4v) is 17.0. The molecule has 102 heavy (non-hydrogen) atoms. The number of hydrogen-bond donors (Lipinski definition) is 0. The van der Waals surface area contributed by atoms with Gasteiger partial charge < -0.3 is 28.1 Å². The van der Waals surface area contributed by atoms with Gasteiger partial charge in [-0.15, -0.1) is 0 Å². The summed E-state index contributed by atoms with van der Waals surface area (Å²) in [5.41, 5.74) is 30.7. The topological polar surface area (TPSA) is 40.9 Å². The monoisotopic (exact) mass is 1310 g/mol. The molecule has 0 saturated heterocycles. The van der Waals surface area contributed by atoms with Gasteiger partial charge in [0.25, 0.3) is 0 Å². The van der Waals surface area contributed by atoms with Gasteiger partial charge in [0, 0.05) is 111 Å². The van der Waals surface area contributed by atoms with E-state index in [9.17, 15) is 0 Å². The molecule has 0 amide bonds. The van der Waals surface area contributed by atoms with Crippen molar-refractivity contribution in [1.29, 1.82) is 0 Å². The van der Waals surface area contributed by atoms with Crippen LogP contribution in [-0.4, -0.2) is 4.57 Å². The van der Waals surface area contributed by atoms with Gasteiger partial charge in [-0.2, -0.15) is 0 Å². The zero-order valence-electron chi connectivity index (χ0n) is 56.9. The molecule has 3 aromatic heterocycles. The van der Waals surface area contributed by atoms with Gasteiger partial charge in [0.05, 0.1) is 11.0 Å². The summed E-state index contributed by atoms with van der Waals surface area (Å²) in [5, 5.41) is 6.91. The maximum atomic E-state index is 6.52. The molecular formula is C96H68N4O2. The lowest BCUT2D eigenvalue weighted by Gasteiger charge is -2.30. The molecule has 0 bridgehead atoms. The second-order valence-electron chi connectivity index (χ2n) is 28.4. The fourth-order valence-electron chi connectivity index (χ4n) is 17.0. The average molecular weight is 1310 g/mol. The molecule has 2 aliphatic carbocycles. The number of benzene rings is 15. The van der Waals surface area contributed by atoms with Crippen LogP contribution in [0.15, 0.2) is 349 Å². The molecule has 0 fully saturated rings. The second kappa shape index (κ2) is 22.8. The first-order chi connectivity index (χ1) is 50.1. The van der Waals surface area contributed by atoms with Crippen LogP contribution < -0.4 is 14.7 Å². The summed E-state index contributed by atoms with van der Waals surface area (Å²) in [6.07, 6.45) is 0. The highest BCUT2D eigenvalue weighted by atomic mass is 16.3. The number of para-hydroxylation sites is 8. The van der Waals surface area contributed by atoms with Gasteiger partial charge in [-0.25, -0.2) is 0 Å². The number of fused-ring (bicyclic) bond motifs is 15. The van der Waals surface area contributed by atoms with Crippen molar-refractivity contribution >= 4 is 117 Å². The van der Waals surface area contributed by atoms with E-state index in [0.29, 0.717) is 0 Å². The maximum absolute atomic E-state index is 6.52. The van der Waals surface area contributed by atoms with Crippen molar-refractivity contribution in [2.45, 2.75) is 38.5 Å². The second-order valence-corrected chi connectivity index (χ2v) is 28.4. The van der Waals surface area contributed by atoms with Crippen LogP contribution in [0.25, 0.3) is 116 Å². The van der Waals surface area contributed by atoms with Crippen LogP contribution in [0, 0.1) is 0 Å². The molecule has 0 N–H and O–H groups in total. The lowest BCUT2D eigenvalue weighted by Crippen LogP contribution is -2.18. The van der Waals surface area contributed by atoms with Crippen molar-refractivity contribution in [1.82, 2.24) is 4.57 Å². The van der Waals surface area contributed by atoms with Crippen LogP contribution >= 0.6 is 0 Å². The highest BCUT2D eigenvalue weighted by Gasteiger charge is 2.39. The number of aromatic nitrogens is 1. The number of furan rings is 2. The van der Waals surface area contributed by atoms with Crippen LogP contribution in [0.4, 0.5) is 51.2 Å². The Labute approximate surface area is 592 Å². The Morgan fingerprint density at radius 1 is 0.235 bits per heavy atom. The van der Waals surface area contributed by atoms with Crippen molar-refractivity contribution in [2.75, 3.05) is 14.7 Å². The Hall–Kier alpha value is -12.9. The van der Waals surface area contributed by atoms with Crippen molar-refractivity contribution in [2.24, 2.45) is 0 Å². The Kier molecular flexibility index (Phi) is 13.2. The van der Waals surface area contributed by atoms with E-state index in [4.69, 9.17) is 8.83 Å². The van der Waals surface area contributed by atoms with E-state index in [0.717, 1.165) is 129 Å². The number of nitrogens with zero attached hydrogens (tertiary/aromatic N) is 4. The first kappa shape index (κ1) is 59.2. The molecule has 2 aliphatic rings. The van der Waals surface area contributed by atoms with E-state index in [-0.39, 0.29) is 10.8 Å².